The Hall–Kier alpha value is -0.510. The average Bonchev–Trinajstić information content (AvgIpc) is 2.47. The minimum absolute atomic E-state index is 0.0682. The van der Waals surface area contributed by atoms with E-state index in [1.54, 1.807) is 0 Å². The molecule has 2 unspecified atom stereocenters. The summed E-state index contributed by atoms with van der Waals surface area (Å²) >= 11 is 1.97. The van der Waals surface area contributed by atoms with Crippen molar-refractivity contribution in [2.45, 2.75) is 67.6 Å². The molecule has 2 atom stereocenters. The zero-order chi connectivity index (χ0) is 15.5. The van der Waals surface area contributed by atoms with Crippen LogP contribution in [0.15, 0.2) is 29.2 Å². The standard InChI is InChI=1S/C18H29NOS/c1-17(2,3)14-7-9-15(10-8-14)21-16-6-5-11-18(12-16,13-20)19-4/h7-10,16,19-20H,5-6,11-13H2,1-4H3. The van der Waals surface area contributed by atoms with E-state index in [1.165, 1.54) is 23.3 Å². The Bertz CT molecular complexity index is 445. The van der Waals surface area contributed by atoms with Crippen molar-refractivity contribution in [3.05, 3.63) is 29.8 Å². The number of hydrogen-bond donors (Lipinski definition) is 2. The third-order valence-electron chi connectivity index (χ3n) is 4.66. The van der Waals surface area contributed by atoms with E-state index in [-0.39, 0.29) is 17.6 Å². The molecule has 1 fully saturated rings. The molecule has 0 heterocycles. The van der Waals surface area contributed by atoms with E-state index in [0.29, 0.717) is 5.25 Å². The number of benzene rings is 1. The predicted octanol–water partition coefficient (Wildman–Crippen LogP) is 3.97. The lowest BCUT2D eigenvalue weighted by Crippen LogP contribution is -2.50. The smallest absolute Gasteiger partial charge is 0.0613 e. The highest BCUT2D eigenvalue weighted by Crippen LogP contribution is 2.38. The Kier molecular flexibility index (Phi) is 5.39. The minimum atomic E-state index is -0.0682. The van der Waals surface area contributed by atoms with Crippen molar-refractivity contribution in [3.63, 3.8) is 0 Å². The molecule has 0 bridgehead atoms. The number of aliphatic hydroxyl groups is 1. The third-order valence-corrected chi connectivity index (χ3v) is 5.94. The Balaban J connectivity index is 2.01. The molecule has 2 nitrogen and oxygen atoms in total. The molecule has 1 aromatic rings. The highest BCUT2D eigenvalue weighted by molar-refractivity contribution is 8.00. The number of hydrogen-bond acceptors (Lipinski definition) is 3. The van der Waals surface area contributed by atoms with Gasteiger partial charge in [0.15, 0.2) is 0 Å². The van der Waals surface area contributed by atoms with Gasteiger partial charge in [0.2, 0.25) is 0 Å². The molecule has 3 heteroatoms. The monoisotopic (exact) mass is 307 g/mol. The van der Waals surface area contributed by atoms with E-state index >= 15 is 0 Å². The first-order valence-corrected chi connectivity index (χ1v) is 8.83. The van der Waals surface area contributed by atoms with Gasteiger partial charge in [-0.2, -0.15) is 0 Å². The molecule has 0 amide bonds. The highest BCUT2D eigenvalue weighted by Gasteiger charge is 2.34. The fourth-order valence-corrected chi connectivity index (χ4v) is 4.45. The summed E-state index contributed by atoms with van der Waals surface area (Å²) in [6.45, 7) is 6.99. The molecule has 0 spiro atoms. The SMILES string of the molecule is CNC1(CO)CCCC(Sc2ccc(C(C)(C)C)cc2)C1. The van der Waals surface area contributed by atoms with Crippen LogP contribution < -0.4 is 5.32 Å². The fourth-order valence-electron chi connectivity index (χ4n) is 3.08. The lowest BCUT2D eigenvalue weighted by atomic mass is 9.82. The zero-order valence-electron chi connectivity index (χ0n) is 13.8. The second kappa shape index (κ2) is 6.72. The van der Waals surface area contributed by atoms with Crippen molar-refractivity contribution in [2.75, 3.05) is 13.7 Å². The summed E-state index contributed by atoms with van der Waals surface area (Å²) in [5.74, 6) is 0. The Morgan fingerprint density at radius 1 is 1.29 bits per heavy atom. The van der Waals surface area contributed by atoms with E-state index in [2.05, 4.69) is 50.4 Å². The topological polar surface area (TPSA) is 32.3 Å². The van der Waals surface area contributed by atoms with Crippen LogP contribution in [0.5, 0.6) is 0 Å². The second-order valence-electron chi connectivity index (χ2n) is 7.30. The Labute approximate surface area is 133 Å². The average molecular weight is 308 g/mol. The van der Waals surface area contributed by atoms with Crippen molar-refractivity contribution in [1.29, 1.82) is 0 Å². The quantitative estimate of drug-likeness (QED) is 0.883. The summed E-state index contributed by atoms with van der Waals surface area (Å²) in [5.41, 5.74) is 1.53. The van der Waals surface area contributed by atoms with Crippen LogP contribution in [0.3, 0.4) is 0 Å². The molecule has 1 aliphatic carbocycles. The van der Waals surface area contributed by atoms with Crippen LogP contribution in [0.25, 0.3) is 0 Å². The molecular weight excluding hydrogens is 278 g/mol. The molecule has 118 valence electrons. The molecule has 2 N–H and O–H groups in total. The molecule has 0 aromatic heterocycles. The number of thioether (sulfide) groups is 1. The zero-order valence-corrected chi connectivity index (χ0v) is 14.6. The molecule has 1 saturated carbocycles. The summed E-state index contributed by atoms with van der Waals surface area (Å²) < 4.78 is 0. The number of aliphatic hydroxyl groups excluding tert-OH is 1. The van der Waals surface area contributed by atoms with Crippen LogP contribution in [0.1, 0.15) is 52.0 Å². The molecule has 2 rings (SSSR count). The normalized spacial score (nSPS) is 26.8. The molecule has 0 radical (unpaired) electrons. The van der Waals surface area contributed by atoms with Crippen molar-refractivity contribution >= 4 is 11.8 Å². The maximum absolute atomic E-state index is 9.68. The van der Waals surface area contributed by atoms with Gasteiger partial charge in [-0.1, -0.05) is 39.3 Å². The maximum Gasteiger partial charge on any atom is 0.0613 e. The Morgan fingerprint density at radius 3 is 2.48 bits per heavy atom. The van der Waals surface area contributed by atoms with Gasteiger partial charge in [0, 0.05) is 15.7 Å². The summed E-state index contributed by atoms with van der Waals surface area (Å²) in [6, 6.07) is 9.00. The molecule has 1 aliphatic rings. The van der Waals surface area contributed by atoms with Crippen LogP contribution in [-0.2, 0) is 5.41 Å². The first kappa shape index (κ1) is 16.9. The van der Waals surface area contributed by atoms with Crippen LogP contribution >= 0.6 is 11.8 Å². The van der Waals surface area contributed by atoms with E-state index in [9.17, 15) is 5.11 Å². The molecular formula is C18H29NOS. The van der Waals surface area contributed by atoms with Crippen LogP contribution in [0.4, 0.5) is 0 Å². The maximum atomic E-state index is 9.68. The third kappa shape index (κ3) is 4.24. The van der Waals surface area contributed by atoms with E-state index in [4.69, 9.17) is 0 Å². The van der Waals surface area contributed by atoms with E-state index in [0.717, 1.165) is 12.8 Å². The van der Waals surface area contributed by atoms with Gasteiger partial charge in [-0.15, -0.1) is 11.8 Å². The summed E-state index contributed by atoms with van der Waals surface area (Å²) in [7, 11) is 1.97. The van der Waals surface area contributed by atoms with Crippen molar-refractivity contribution < 1.29 is 5.11 Å². The van der Waals surface area contributed by atoms with Gasteiger partial charge in [-0.3, -0.25) is 0 Å². The molecule has 1 aromatic carbocycles. The summed E-state index contributed by atoms with van der Waals surface area (Å²) in [4.78, 5) is 1.35. The van der Waals surface area contributed by atoms with Gasteiger partial charge < -0.3 is 10.4 Å². The molecule has 0 aliphatic heterocycles. The van der Waals surface area contributed by atoms with Gasteiger partial charge in [0.1, 0.15) is 0 Å². The summed E-state index contributed by atoms with van der Waals surface area (Å²) in [5, 5.41) is 13.6. The first-order valence-electron chi connectivity index (χ1n) is 7.95. The van der Waals surface area contributed by atoms with Crippen molar-refractivity contribution in [2.24, 2.45) is 0 Å². The van der Waals surface area contributed by atoms with Gasteiger partial charge in [-0.05, 0) is 49.4 Å². The Morgan fingerprint density at radius 2 is 1.95 bits per heavy atom. The molecule has 21 heavy (non-hydrogen) atoms. The summed E-state index contributed by atoms with van der Waals surface area (Å²) in [6.07, 6.45) is 4.57. The van der Waals surface area contributed by atoms with Crippen LogP contribution in [0.2, 0.25) is 0 Å². The second-order valence-corrected chi connectivity index (χ2v) is 8.67. The first-order chi connectivity index (χ1) is 9.88. The van der Waals surface area contributed by atoms with Gasteiger partial charge in [0.25, 0.3) is 0 Å². The number of likely N-dealkylation sites (N-methyl/N-ethyl adjacent to an activating group) is 1. The van der Waals surface area contributed by atoms with Gasteiger partial charge in [-0.25, -0.2) is 0 Å². The number of rotatable bonds is 4. The lowest BCUT2D eigenvalue weighted by Gasteiger charge is -2.39. The fraction of sp³-hybridized carbons (Fsp3) is 0.667. The van der Waals surface area contributed by atoms with Gasteiger partial charge >= 0.3 is 0 Å². The minimum Gasteiger partial charge on any atom is -0.394 e. The predicted molar refractivity (Wildman–Crippen MR) is 92.1 cm³/mol. The van der Waals surface area contributed by atoms with E-state index in [1.807, 2.05) is 18.8 Å². The van der Waals surface area contributed by atoms with Crippen LogP contribution in [-0.4, -0.2) is 29.5 Å². The van der Waals surface area contributed by atoms with Crippen molar-refractivity contribution in [3.8, 4) is 0 Å². The number of nitrogens with one attached hydrogen (secondary N) is 1. The van der Waals surface area contributed by atoms with Crippen molar-refractivity contribution in [1.82, 2.24) is 5.32 Å². The largest absolute Gasteiger partial charge is 0.394 e. The van der Waals surface area contributed by atoms with Crippen LogP contribution in [0, 0.1) is 0 Å². The molecule has 0 saturated heterocycles. The van der Waals surface area contributed by atoms with E-state index < -0.39 is 0 Å². The van der Waals surface area contributed by atoms with Gasteiger partial charge in [0.05, 0.1) is 6.61 Å². The lowest BCUT2D eigenvalue weighted by molar-refractivity contribution is 0.131. The highest BCUT2D eigenvalue weighted by atomic mass is 32.2.